The Labute approximate surface area is 187 Å². The third kappa shape index (κ3) is 4.01. The quantitative estimate of drug-likeness (QED) is 0.402. The van der Waals surface area contributed by atoms with E-state index >= 15 is 0 Å². The van der Waals surface area contributed by atoms with Crippen LogP contribution >= 0.6 is 0 Å². The average Bonchev–Trinajstić information content (AvgIpc) is 3.19. The van der Waals surface area contributed by atoms with Crippen LogP contribution in [0.25, 0.3) is 0 Å². The molecule has 2 aromatic carbocycles. The van der Waals surface area contributed by atoms with Gasteiger partial charge in [0.1, 0.15) is 0 Å². The Morgan fingerprint density at radius 2 is 1.81 bits per heavy atom. The number of nitro groups is 1. The van der Waals surface area contributed by atoms with Crippen molar-refractivity contribution in [1.82, 2.24) is 9.47 Å². The maximum atomic E-state index is 11.3. The molecule has 0 saturated heterocycles. The van der Waals surface area contributed by atoms with Gasteiger partial charge in [0, 0.05) is 49.2 Å². The summed E-state index contributed by atoms with van der Waals surface area (Å²) in [6.45, 7) is 2.29. The minimum atomic E-state index is -0.355. The number of hydrogen-bond acceptors (Lipinski definition) is 6. The Morgan fingerprint density at radius 1 is 1.00 bits per heavy atom. The van der Waals surface area contributed by atoms with E-state index in [9.17, 15) is 10.1 Å². The first-order valence-electron chi connectivity index (χ1n) is 10.5. The van der Waals surface area contributed by atoms with Crippen LogP contribution in [0.15, 0.2) is 54.7 Å². The number of non-ortho nitro benzene ring substituents is 1. The molecule has 0 radical (unpaired) electrons. The minimum Gasteiger partial charge on any atom is -0.493 e. The van der Waals surface area contributed by atoms with Gasteiger partial charge in [-0.15, -0.1) is 0 Å². The molecular formula is C24H27N3O5. The summed E-state index contributed by atoms with van der Waals surface area (Å²) in [6, 6.07) is 14.8. The number of fused-ring (bicyclic) bond motifs is 1. The minimum absolute atomic E-state index is 0.0981. The van der Waals surface area contributed by atoms with Gasteiger partial charge in [0.25, 0.3) is 5.69 Å². The van der Waals surface area contributed by atoms with Gasteiger partial charge in [-0.25, -0.2) is 0 Å². The monoisotopic (exact) mass is 437 g/mol. The normalized spacial score (nSPS) is 16.2. The van der Waals surface area contributed by atoms with Crippen molar-refractivity contribution in [2.45, 2.75) is 25.6 Å². The molecule has 168 valence electrons. The van der Waals surface area contributed by atoms with Crippen molar-refractivity contribution in [3.63, 3.8) is 0 Å². The SMILES string of the molecule is COc1ccc(C2c3cccn3CCCN2Cc2cccc([N+](=O)[O-])c2)c(OC)c1OC. The van der Waals surface area contributed by atoms with Gasteiger partial charge >= 0.3 is 0 Å². The lowest BCUT2D eigenvalue weighted by Crippen LogP contribution is -2.30. The van der Waals surface area contributed by atoms with Crippen LogP contribution in [-0.2, 0) is 13.1 Å². The van der Waals surface area contributed by atoms with Crippen molar-refractivity contribution >= 4 is 5.69 Å². The van der Waals surface area contributed by atoms with Crippen molar-refractivity contribution in [3.8, 4) is 17.2 Å². The highest BCUT2D eigenvalue weighted by molar-refractivity contribution is 5.58. The van der Waals surface area contributed by atoms with Crippen molar-refractivity contribution < 1.29 is 19.1 Å². The van der Waals surface area contributed by atoms with Gasteiger partial charge in [-0.1, -0.05) is 12.1 Å². The Morgan fingerprint density at radius 3 is 2.53 bits per heavy atom. The van der Waals surface area contributed by atoms with Crippen LogP contribution in [-0.4, -0.2) is 42.3 Å². The van der Waals surface area contributed by atoms with Gasteiger partial charge in [0.05, 0.1) is 32.3 Å². The van der Waals surface area contributed by atoms with Crippen molar-refractivity contribution in [2.24, 2.45) is 0 Å². The highest BCUT2D eigenvalue weighted by Crippen LogP contribution is 2.46. The van der Waals surface area contributed by atoms with Crippen LogP contribution in [0.4, 0.5) is 5.69 Å². The largest absolute Gasteiger partial charge is 0.493 e. The zero-order valence-electron chi connectivity index (χ0n) is 18.5. The molecule has 1 aliphatic heterocycles. The van der Waals surface area contributed by atoms with E-state index < -0.39 is 0 Å². The van der Waals surface area contributed by atoms with Gasteiger partial charge in [-0.05, 0) is 36.2 Å². The molecule has 0 spiro atoms. The lowest BCUT2D eigenvalue weighted by molar-refractivity contribution is -0.384. The summed E-state index contributed by atoms with van der Waals surface area (Å²) >= 11 is 0. The predicted octanol–water partition coefficient (Wildman–Crippen LogP) is 4.42. The molecule has 32 heavy (non-hydrogen) atoms. The van der Waals surface area contributed by atoms with E-state index in [1.54, 1.807) is 33.5 Å². The Bertz CT molecular complexity index is 1110. The van der Waals surface area contributed by atoms with Crippen LogP contribution in [0.1, 0.15) is 29.3 Å². The zero-order valence-corrected chi connectivity index (χ0v) is 18.5. The number of nitro benzene ring substituents is 1. The lowest BCUT2D eigenvalue weighted by atomic mass is 9.99. The molecular weight excluding hydrogens is 410 g/mol. The molecule has 8 heteroatoms. The molecule has 2 heterocycles. The van der Waals surface area contributed by atoms with E-state index in [1.165, 1.54) is 6.07 Å². The number of hydrogen-bond donors (Lipinski definition) is 0. The summed E-state index contributed by atoms with van der Waals surface area (Å²) in [5, 5.41) is 11.3. The van der Waals surface area contributed by atoms with E-state index in [1.807, 2.05) is 24.3 Å². The van der Waals surface area contributed by atoms with E-state index in [0.29, 0.717) is 23.8 Å². The Hall–Kier alpha value is -3.52. The molecule has 0 amide bonds. The molecule has 1 aromatic heterocycles. The van der Waals surface area contributed by atoms with E-state index in [0.717, 1.165) is 36.3 Å². The smallest absolute Gasteiger partial charge is 0.269 e. The fourth-order valence-corrected chi connectivity index (χ4v) is 4.51. The second-order valence-electron chi connectivity index (χ2n) is 7.70. The van der Waals surface area contributed by atoms with Crippen LogP contribution in [0, 0.1) is 10.1 Å². The van der Waals surface area contributed by atoms with Crippen LogP contribution in [0.5, 0.6) is 17.2 Å². The highest BCUT2D eigenvalue weighted by atomic mass is 16.6. The summed E-state index contributed by atoms with van der Waals surface area (Å²) in [5.74, 6) is 1.77. The molecule has 1 aliphatic rings. The fourth-order valence-electron chi connectivity index (χ4n) is 4.51. The van der Waals surface area contributed by atoms with Crippen LogP contribution in [0.3, 0.4) is 0 Å². The maximum Gasteiger partial charge on any atom is 0.269 e. The first-order valence-corrected chi connectivity index (χ1v) is 10.5. The van der Waals surface area contributed by atoms with Crippen molar-refractivity contribution in [2.75, 3.05) is 27.9 Å². The van der Waals surface area contributed by atoms with E-state index in [2.05, 4.69) is 21.7 Å². The number of methoxy groups -OCH3 is 3. The molecule has 0 N–H and O–H groups in total. The molecule has 0 saturated carbocycles. The third-order valence-electron chi connectivity index (χ3n) is 5.89. The topological polar surface area (TPSA) is 79.0 Å². The lowest BCUT2D eigenvalue weighted by Gasteiger charge is -2.32. The molecule has 1 atom stereocenters. The van der Waals surface area contributed by atoms with Gasteiger partial charge in [0.15, 0.2) is 11.5 Å². The van der Waals surface area contributed by atoms with E-state index in [-0.39, 0.29) is 16.7 Å². The molecule has 3 aromatic rings. The number of nitrogens with zero attached hydrogens (tertiary/aromatic N) is 3. The first-order chi connectivity index (χ1) is 15.6. The summed E-state index contributed by atoms with van der Waals surface area (Å²) < 4.78 is 19.2. The maximum absolute atomic E-state index is 11.3. The molecule has 0 fully saturated rings. The Kier molecular flexibility index (Phi) is 6.32. The average molecular weight is 437 g/mol. The van der Waals surface area contributed by atoms with Crippen molar-refractivity contribution in [3.05, 3.63) is 81.7 Å². The molecule has 0 aliphatic carbocycles. The predicted molar refractivity (Wildman–Crippen MR) is 120 cm³/mol. The number of rotatable bonds is 7. The molecule has 1 unspecified atom stereocenters. The highest BCUT2D eigenvalue weighted by Gasteiger charge is 2.32. The van der Waals surface area contributed by atoms with Crippen LogP contribution < -0.4 is 14.2 Å². The number of ether oxygens (including phenoxy) is 3. The second-order valence-corrected chi connectivity index (χ2v) is 7.70. The van der Waals surface area contributed by atoms with Gasteiger partial charge < -0.3 is 18.8 Å². The summed E-state index contributed by atoms with van der Waals surface area (Å²) in [6.07, 6.45) is 3.05. The number of aryl methyl sites for hydroxylation is 1. The third-order valence-corrected chi connectivity index (χ3v) is 5.89. The summed E-state index contributed by atoms with van der Waals surface area (Å²) in [4.78, 5) is 13.3. The molecule has 8 nitrogen and oxygen atoms in total. The molecule has 0 bridgehead atoms. The van der Waals surface area contributed by atoms with Crippen LogP contribution in [0.2, 0.25) is 0 Å². The van der Waals surface area contributed by atoms with Crippen molar-refractivity contribution in [1.29, 1.82) is 0 Å². The first kappa shape index (κ1) is 21.7. The number of aromatic nitrogens is 1. The fraction of sp³-hybridized carbons (Fsp3) is 0.333. The Balaban J connectivity index is 1.83. The molecule has 4 rings (SSSR count). The number of benzene rings is 2. The summed E-state index contributed by atoms with van der Waals surface area (Å²) in [5.41, 5.74) is 3.08. The second kappa shape index (κ2) is 9.32. The van der Waals surface area contributed by atoms with Gasteiger partial charge in [-0.2, -0.15) is 0 Å². The standard InChI is InChI=1S/C24H27N3O5/c1-30-21-11-10-19(23(31-2)24(21)32-3)22-20-9-5-12-25(20)13-6-14-26(22)16-17-7-4-8-18(15-17)27(28)29/h4-5,7-12,15,22H,6,13-14,16H2,1-3H3. The van der Waals surface area contributed by atoms with Gasteiger partial charge in [0.2, 0.25) is 5.75 Å². The van der Waals surface area contributed by atoms with E-state index in [4.69, 9.17) is 14.2 Å². The summed E-state index contributed by atoms with van der Waals surface area (Å²) in [7, 11) is 4.82. The zero-order chi connectivity index (χ0) is 22.7. The van der Waals surface area contributed by atoms with Gasteiger partial charge in [-0.3, -0.25) is 15.0 Å².